The molecule has 1 saturated heterocycles. The van der Waals surface area contributed by atoms with E-state index < -0.39 is 5.60 Å². The third kappa shape index (κ3) is 3.75. The smallest absolute Gasteiger partial charge is 0.121 e. The number of rotatable bonds is 5. The van der Waals surface area contributed by atoms with Gasteiger partial charge in [-0.25, -0.2) is 0 Å². The molecule has 0 unspecified atom stereocenters. The maximum atomic E-state index is 10.0. The van der Waals surface area contributed by atoms with Gasteiger partial charge in [0.25, 0.3) is 0 Å². The first kappa shape index (κ1) is 18.9. The van der Waals surface area contributed by atoms with Crippen LogP contribution in [0.3, 0.4) is 0 Å². The standard InChI is InChI=1S/C24H31N3O2/c1-23(2)19-5-4-18(29-16-24(28)7-8-24)14-22(19)26-21-6-3-17(13-20(21)23)15-27-11-9-25-10-12-27/h3-6,13-14,25-26,28H,7-12,15-16H2,1-2H3. The number of nitrogens with zero attached hydrogens (tertiary/aromatic N) is 1. The number of hydrogen-bond acceptors (Lipinski definition) is 5. The van der Waals surface area contributed by atoms with Crippen LogP contribution in [0.5, 0.6) is 5.75 Å². The van der Waals surface area contributed by atoms with E-state index in [1.807, 2.05) is 6.07 Å². The molecule has 0 spiro atoms. The molecule has 2 heterocycles. The van der Waals surface area contributed by atoms with Crippen LogP contribution >= 0.6 is 0 Å². The number of piperazine rings is 1. The molecule has 3 N–H and O–H groups in total. The molecule has 2 aromatic rings. The van der Waals surface area contributed by atoms with Crippen molar-refractivity contribution in [2.24, 2.45) is 0 Å². The highest BCUT2D eigenvalue weighted by Gasteiger charge is 2.41. The van der Waals surface area contributed by atoms with Crippen molar-refractivity contribution in [2.45, 2.75) is 44.2 Å². The van der Waals surface area contributed by atoms with Gasteiger partial charge < -0.3 is 20.5 Å². The van der Waals surface area contributed by atoms with Gasteiger partial charge in [-0.3, -0.25) is 4.90 Å². The predicted octanol–water partition coefficient (Wildman–Crippen LogP) is 3.38. The van der Waals surface area contributed by atoms with Crippen molar-refractivity contribution in [2.75, 3.05) is 38.1 Å². The van der Waals surface area contributed by atoms with Crippen molar-refractivity contribution in [1.82, 2.24) is 10.2 Å². The average Bonchev–Trinajstić information content (AvgIpc) is 3.45. The Kier molecular flexibility index (Phi) is 4.57. The van der Waals surface area contributed by atoms with Crippen LogP contribution in [-0.2, 0) is 12.0 Å². The third-order valence-corrected chi connectivity index (χ3v) is 6.64. The molecule has 3 aliphatic rings. The molecule has 29 heavy (non-hydrogen) atoms. The lowest BCUT2D eigenvalue weighted by molar-refractivity contribution is 0.0856. The van der Waals surface area contributed by atoms with Crippen LogP contribution in [0.2, 0.25) is 0 Å². The Morgan fingerprint density at radius 2 is 1.79 bits per heavy atom. The summed E-state index contributed by atoms with van der Waals surface area (Å²) in [6.07, 6.45) is 1.68. The van der Waals surface area contributed by atoms with Crippen LogP contribution in [-0.4, -0.2) is 48.4 Å². The Morgan fingerprint density at radius 1 is 1.00 bits per heavy atom. The largest absolute Gasteiger partial charge is 0.491 e. The monoisotopic (exact) mass is 393 g/mol. The van der Waals surface area contributed by atoms with Gasteiger partial charge in [-0.2, -0.15) is 0 Å². The highest BCUT2D eigenvalue weighted by molar-refractivity contribution is 5.76. The lowest BCUT2D eigenvalue weighted by atomic mass is 9.74. The molecule has 5 nitrogen and oxygen atoms in total. The number of aliphatic hydroxyl groups is 1. The van der Waals surface area contributed by atoms with Crippen molar-refractivity contribution in [3.63, 3.8) is 0 Å². The number of benzene rings is 2. The first-order valence-corrected chi connectivity index (χ1v) is 10.8. The summed E-state index contributed by atoms with van der Waals surface area (Å²) in [4.78, 5) is 2.52. The van der Waals surface area contributed by atoms with E-state index in [9.17, 15) is 5.11 Å². The molecule has 5 heteroatoms. The Morgan fingerprint density at radius 3 is 2.55 bits per heavy atom. The van der Waals surface area contributed by atoms with Gasteiger partial charge in [0.05, 0.1) is 5.60 Å². The zero-order chi connectivity index (χ0) is 20.1. The minimum atomic E-state index is -0.601. The van der Waals surface area contributed by atoms with Crippen molar-refractivity contribution in [3.8, 4) is 5.75 Å². The van der Waals surface area contributed by atoms with E-state index >= 15 is 0 Å². The van der Waals surface area contributed by atoms with Crippen LogP contribution in [0, 0.1) is 0 Å². The lowest BCUT2D eigenvalue weighted by Crippen LogP contribution is -2.42. The highest BCUT2D eigenvalue weighted by Crippen LogP contribution is 2.47. The van der Waals surface area contributed by atoms with Crippen molar-refractivity contribution in [1.29, 1.82) is 0 Å². The van der Waals surface area contributed by atoms with Gasteiger partial charge in [0.2, 0.25) is 0 Å². The van der Waals surface area contributed by atoms with Gasteiger partial charge in [0, 0.05) is 55.6 Å². The molecular formula is C24H31N3O2. The second-order valence-electron chi connectivity index (χ2n) is 9.38. The number of anilines is 2. The summed E-state index contributed by atoms with van der Waals surface area (Å²) in [7, 11) is 0. The molecule has 2 aromatic carbocycles. The number of ether oxygens (including phenoxy) is 1. The molecule has 0 aromatic heterocycles. The van der Waals surface area contributed by atoms with Gasteiger partial charge in [-0.05, 0) is 41.7 Å². The van der Waals surface area contributed by atoms with Crippen LogP contribution in [0.4, 0.5) is 11.4 Å². The molecule has 1 saturated carbocycles. The summed E-state index contributed by atoms with van der Waals surface area (Å²) in [5.41, 5.74) is 5.59. The summed E-state index contributed by atoms with van der Waals surface area (Å²) in [6, 6.07) is 13.1. The summed E-state index contributed by atoms with van der Waals surface area (Å²) < 4.78 is 5.86. The fourth-order valence-corrected chi connectivity index (χ4v) is 4.50. The highest BCUT2D eigenvalue weighted by atomic mass is 16.5. The first-order valence-electron chi connectivity index (χ1n) is 10.8. The third-order valence-electron chi connectivity index (χ3n) is 6.64. The van der Waals surface area contributed by atoms with Gasteiger partial charge in [-0.15, -0.1) is 0 Å². The Labute approximate surface area is 173 Å². The summed E-state index contributed by atoms with van der Waals surface area (Å²) in [5.74, 6) is 0.811. The molecule has 0 atom stereocenters. The number of fused-ring (bicyclic) bond motifs is 2. The van der Waals surface area contributed by atoms with Gasteiger partial charge in [-0.1, -0.05) is 32.0 Å². The molecule has 154 valence electrons. The van der Waals surface area contributed by atoms with Crippen LogP contribution in [0.25, 0.3) is 0 Å². The molecule has 0 radical (unpaired) electrons. The molecule has 5 rings (SSSR count). The molecule has 2 fully saturated rings. The quantitative estimate of drug-likeness (QED) is 0.727. The summed E-state index contributed by atoms with van der Waals surface area (Å²) in [5, 5.41) is 17.1. The van der Waals surface area contributed by atoms with E-state index in [-0.39, 0.29) is 5.41 Å². The number of nitrogens with one attached hydrogen (secondary N) is 2. The average molecular weight is 394 g/mol. The van der Waals surface area contributed by atoms with E-state index in [0.717, 1.165) is 57.0 Å². The van der Waals surface area contributed by atoms with E-state index in [1.165, 1.54) is 22.4 Å². The Hall–Kier alpha value is -2.08. The minimum Gasteiger partial charge on any atom is -0.491 e. The molecule has 1 aliphatic carbocycles. The van der Waals surface area contributed by atoms with Crippen molar-refractivity contribution < 1.29 is 9.84 Å². The Balaban J connectivity index is 1.38. The summed E-state index contributed by atoms with van der Waals surface area (Å²) >= 11 is 0. The fourth-order valence-electron chi connectivity index (χ4n) is 4.50. The Bertz CT molecular complexity index is 914. The molecule has 2 aliphatic heterocycles. The van der Waals surface area contributed by atoms with Crippen molar-refractivity contribution >= 4 is 11.4 Å². The maximum Gasteiger partial charge on any atom is 0.121 e. The van der Waals surface area contributed by atoms with Gasteiger partial charge >= 0.3 is 0 Å². The van der Waals surface area contributed by atoms with E-state index in [1.54, 1.807) is 0 Å². The second kappa shape index (κ2) is 7.01. The lowest BCUT2D eigenvalue weighted by Gasteiger charge is -2.36. The summed E-state index contributed by atoms with van der Waals surface area (Å²) in [6.45, 7) is 10.4. The van der Waals surface area contributed by atoms with Gasteiger partial charge in [0.15, 0.2) is 0 Å². The zero-order valence-corrected chi connectivity index (χ0v) is 17.4. The molecule has 0 bridgehead atoms. The van der Waals surface area contributed by atoms with E-state index in [2.05, 4.69) is 59.7 Å². The van der Waals surface area contributed by atoms with E-state index in [4.69, 9.17) is 4.74 Å². The minimum absolute atomic E-state index is 0.0807. The van der Waals surface area contributed by atoms with Crippen molar-refractivity contribution in [3.05, 3.63) is 53.1 Å². The van der Waals surface area contributed by atoms with Crippen LogP contribution in [0.1, 0.15) is 43.4 Å². The molecular weight excluding hydrogens is 362 g/mol. The maximum absolute atomic E-state index is 10.0. The fraction of sp³-hybridized carbons (Fsp3) is 0.500. The topological polar surface area (TPSA) is 56.8 Å². The predicted molar refractivity (Wildman–Crippen MR) is 116 cm³/mol. The van der Waals surface area contributed by atoms with Crippen LogP contribution in [0.15, 0.2) is 36.4 Å². The first-order chi connectivity index (χ1) is 13.9. The van der Waals surface area contributed by atoms with E-state index in [0.29, 0.717) is 6.61 Å². The number of hydrogen-bond donors (Lipinski definition) is 3. The zero-order valence-electron chi connectivity index (χ0n) is 17.4. The van der Waals surface area contributed by atoms with Gasteiger partial charge in [0.1, 0.15) is 12.4 Å². The normalized spacial score (nSPS) is 21.6. The SMILES string of the molecule is CC1(C)c2ccc(OCC3(O)CC3)cc2Nc2ccc(CN3CCNCC3)cc21. The van der Waals surface area contributed by atoms with Crippen LogP contribution < -0.4 is 15.4 Å². The molecule has 0 amide bonds. The second-order valence-corrected chi connectivity index (χ2v) is 9.38.